The number of carbonyl (C=O) groups excluding carboxylic acids is 1. The molecule has 1 aliphatic heterocycles. The van der Waals surface area contributed by atoms with Crippen LogP contribution in [0.15, 0.2) is 0 Å². The summed E-state index contributed by atoms with van der Waals surface area (Å²) >= 11 is 5.81. The second-order valence-electron chi connectivity index (χ2n) is 3.00. The van der Waals surface area contributed by atoms with Crippen molar-refractivity contribution in [2.24, 2.45) is 5.92 Å². The smallest absolute Gasteiger partial charge is 0.138 e. The lowest BCUT2D eigenvalue weighted by atomic mass is 9.96. The normalized spacial score (nSPS) is 36.5. The van der Waals surface area contributed by atoms with Gasteiger partial charge in [0.25, 0.3) is 0 Å². The number of piperidine rings is 1. The van der Waals surface area contributed by atoms with Crippen LogP contribution in [0, 0.1) is 5.92 Å². The van der Waals surface area contributed by atoms with Crippen molar-refractivity contribution in [2.45, 2.75) is 26.3 Å². The minimum atomic E-state index is 0.119. The zero-order valence-electron chi connectivity index (χ0n) is 6.30. The first-order chi connectivity index (χ1) is 4.61. The Kier molecular flexibility index (Phi) is 2.32. The number of nitrogens with zero attached hydrogens (tertiary/aromatic N) is 1. The van der Waals surface area contributed by atoms with Gasteiger partial charge in [0.05, 0.1) is 0 Å². The van der Waals surface area contributed by atoms with E-state index < -0.39 is 0 Å². The van der Waals surface area contributed by atoms with E-state index in [2.05, 4.69) is 0 Å². The van der Waals surface area contributed by atoms with E-state index in [1.54, 1.807) is 4.42 Å². The summed E-state index contributed by atoms with van der Waals surface area (Å²) < 4.78 is 1.71. The molecule has 2 atom stereocenters. The Labute approximate surface area is 66.3 Å². The van der Waals surface area contributed by atoms with Crippen LogP contribution in [-0.2, 0) is 4.79 Å². The second-order valence-corrected chi connectivity index (χ2v) is 3.44. The molecule has 0 aromatic rings. The second kappa shape index (κ2) is 2.89. The first-order valence-corrected chi connectivity index (χ1v) is 3.90. The van der Waals surface area contributed by atoms with Crippen molar-refractivity contribution < 1.29 is 4.79 Å². The molecule has 1 rings (SSSR count). The molecule has 10 heavy (non-hydrogen) atoms. The van der Waals surface area contributed by atoms with Crippen LogP contribution in [0.4, 0.5) is 0 Å². The molecule has 0 spiro atoms. The fourth-order valence-corrected chi connectivity index (χ4v) is 1.41. The van der Waals surface area contributed by atoms with Gasteiger partial charge >= 0.3 is 0 Å². The van der Waals surface area contributed by atoms with Gasteiger partial charge in [0, 0.05) is 24.9 Å². The number of rotatable bonds is 0. The van der Waals surface area contributed by atoms with E-state index in [-0.39, 0.29) is 12.0 Å². The summed E-state index contributed by atoms with van der Waals surface area (Å²) in [4.78, 5) is 11.1. The van der Waals surface area contributed by atoms with Crippen LogP contribution in [0.2, 0.25) is 0 Å². The lowest BCUT2D eigenvalue weighted by Gasteiger charge is -2.29. The quantitative estimate of drug-likeness (QED) is 0.501. The molecule has 58 valence electrons. The van der Waals surface area contributed by atoms with E-state index >= 15 is 0 Å². The van der Waals surface area contributed by atoms with E-state index in [0.717, 1.165) is 0 Å². The van der Waals surface area contributed by atoms with Gasteiger partial charge < -0.3 is 0 Å². The van der Waals surface area contributed by atoms with E-state index in [0.29, 0.717) is 18.7 Å². The van der Waals surface area contributed by atoms with Gasteiger partial charge in [0.15, 0.2) is 0 Å². The molecule has 0 N–H and O–H groups in total. The topological polar surface area (TPSA) is 20.3 Å². The van der Waals surface area contributed by atoms with Gasteiger partial charge in [-0.05, 0) is 18.7 Å². The van der Waals surface area contributed by atoms with Gasteiger partial charge in [0.1, 0.15) is 5.78 Å². The van der Waals surface area contributed by atoms with Crippen molar-refractivity contribution in [1.29, 1.82) is 0 Å². The van der Waals surface area contributed by atoms with Crippen LogP contribution in [-0.4, -0.2) is 22.8 Å². The molecular weight excluding hydrogens is 150 g/mol. The molecule has 0 bridgehead atoms. The summed E-state index contributed by atoms with van der Waals surface area (Å²) in [5.74, 6) is 0.457. The molecule has 2 nitrogen and oxygen atoms in total. The van der Waals surface area contributed by atoms with Crippen molar-refractivity contribution in [3.05, 3.63) is 0 Å². The van der Waals surface area contributed by atoms with Gasteiger partial charge in [-0.15, -0.1) is 0 Å². The molecule has 0 aromatic carbocycles. The number of hydrogen-bond acceptors (Lipinski definition) is 2. The van der Waals surface area contributed by atoms with Crippen molar-refractivity contribution in [3.63, 3.8) is 0 Å². The first-order valence-electron chi connectivity index (χ1n) is 3.56. The predicted molar refractivity (Wildman–Crippen MR) is 40.8 cm³/mol. The monoisotopic (exact) mass is 161 g/mol. The molecule has 2 unspecified atom stereocenters. The van der Waals surface area contributed by atoms with Gasteiger partial charge in [-0.25, -0.2) is 4.42 Å². The summed E-state index contributed by atoms with van der Waals surface area (Å²) in [6.45, 7) is 4.59. The molecule has 1 saturated heterocycles. The number of ketones is 1. The molecule has 0 aromatic heterocycles. The fraction of sp³-hybridized carbons (Fsp3) is 0.857. The van der Waals surface area contributed by atoms with Gasteiger partial charge in [0.2, 0.25) is 0 Å². The molecule has 1 fully saturated rings. The predicted octanol–water partition coefficient (Wildman–Crippen LogP) is 1.44. The van der Waals surface area contributed by atoms with E-state index in [9.17, 15) is 4.79 Å². The van der Waals surface area contributed by atoms with E-state index in [4.69, 9.17) is 11.8 Å². The Balaban J connectivity index is 2.54. The molecule has 0 saturated carbocycles. The summed E-state index contributed by atoms with van der Waals surface area (Å²) in [6.07, 6.45) is 0.602. The highest BCUT2D eigenvalue weighted by Gasteiger charge is 2.27. The molecule has 0 aliphatic carbocycles. The highest BCUT2D eigenvalue weighted by atomic mass is 35.5. The molecule has 1 aliphatic rings. The Hall–Kier alpha value is -0.0800. The lowest BCUT2D eigenvalue weighted by molar-refractivity contribution is -0.125. The SMILES string of the molecule is CC1CN(Cl)C(C)CC1=O. The summed E-state index contributed by atoms with van der Waals surface area (Å²) in [6, 6.07) is 0.213. The Morgan fingerprint density at radius 3 is 2.70 bits per heavy atom. The first kappa shape index (κ1) is 8.02. The zero-order valence-corrected chi connectivity index (χ0v) is 7.06. The van der Waals surface area contributed by atoms with Crippen LogP contribution >= 0.6 is 11.8 Å². The van der Waals surface area contributed by atoms with Crippen LogP contribution in [0.5, 0.6) is 0 Å². The summed E-state index contributed by atoms with van der Waals surface area (Å²) in [5.41, 5.74) is 0. The highest BCUT2D eigenvalue weighted by Crippen LogP contribution is 2.19. The molecule has 0 radical (unpaired) electrons. The molecule has 1 heterocycles. The van der Waals surface area contributed by atoms with Gasteiger partial charge in [-0.1, -0.05) is 6.92 Å². The van der Waals surface area contributed by atoms with Crippen LogP contribution in [0.25, 0.3) is 0 Å². The number of Topliss-reactive ketones (excluding diaryl/α,β-unsaturated/α-hetero) is 1. The van der Waals surface area contributed by atoms with Gasteiger partial charge in [-0.2, -0.15) is 0 Å². The number of hydrogen-bond donors (Lipinski definition) is 0. The van der Waals surface area contributed by atoms with E-state index in [1.165, 1.54) is 0 Å². The lowest BCUT2D eigenvalue weighted by Crippen LogP contribution is -2.39. The maximum absolute atomic E-state index is 11.1. The van der Waals surface area contributed by atoms with Crippen molar-refractivity contribution in [1.82, 2.24) is 4.42 Å². The van der Waals surface area contributed by atoms with Crippen LogP contribution in [0.1, 0.15) is 20.3 Å². The average molecular weight is 162 g/mol. The molecular formula is C7H12ClNO. The average Bonchev–Trinajstić information content (AvgIpc) is 1.84. The largest absolute Gasteiger partial charge is 0.299 e. The third-order valence-electron chi connectivity index (χ3n) is 1.97. The Morgan fingerprint density at radius 2 is 2.20 bits per heavy atom. The van der Waals surface area contributed by atoms with Crippen LogP contribution < -0.4 is 0 Å². The van der Waals surface area contributed by atoms with Crippen molar-refractivity contribution in [2.75, 3.05) is 6.54 Å². The highest BCUT2D eigenvalue weighted by molar-refractivity contribution is 6.14. The van der Waals surface area contributed by atoms with E-state index in [1.807, 2.05) is 13.8 Å². The number of halogens is 1. The summed E-state index contributed by atoms with van der Waals surface area (Å²) in [5, 5.41) is 0. The summed E-state index contributed by atoms with van der Waals surface area (Å²) in [7, 11) is 0. The minimum absolute atomic E-state index is 0.119. The Bertz CT molecular complexity index is 149. The maximum Gasteiger partial charge on any atom is 0.138 e. The standard InChI is InChI=1S/C7H12ClNO/c1-5-4-9(8)6(2)3-7(5)10/h5-6H,3-4H2,1-2H3. The zero-order chi connectivity index (χ0) is 7.72. The number of carbonyl (C=O) groups is 1. The fourth-order valence-electron chi connectivity index (χ4n) is 1.13. The van der Waals surface area contributed by atoms with Crippen molar-refractivity contribution in [3.8, 4) is 0 Å². The third kappa shape index (κ3) is 1.50. The maximum atomic E-state index is 11.1. The van der Waals surface area contributed by atoms with Crippen LogP contribution in [0.3, 0.4) is 0 Å². The Morgan fingerprint density at radius 1 is 1.60 bits per heavy atom. The minimum Gasteiger partial charge on any atom is -0.299 e. The third-order valence-corrected chi connectivity index (χ3v) is 2.44. The molecule has 0 amide bonds. The van der Waals surface area contributed by atoms with Crippen molar-refractivity contribution >= 4 is 17.6 Å². The molecule has 3 heteroatoms. The van der Waals surface area contributed by atoms with Gasteiger partial charge in [-0.3, -0.25) is 4.79 Å².